The molecule has 1 fully saturated rings. The molecule has 2 aromatic heterocycles. The van der Waals surface area contributed by atoms with E-state index in [0.29, 0.717) is 12.1 Å². The van der Waals surface area contributed by atoms with Gasteiger partial charge in [0.05, 0.1) is 18.6 Å². The van der Waals surface area contributed by atoms with Crippen LogP contribution in [0.4, 0.5) is 5.82 Å². The van der Waals surface area contributed by atoms with Crippen LogP contribution in [-0.2, 0) is 4.74 Å². The fraction of sp³-hybridized carbons (Fsp3) is 0.409. The van der Waals surface area contributed by atoms with Gasteiger partial charge in [-0.2, -0.15) is 0 Å². The number of fused-ring (bicyclic) bond motifs is 1. The molecule has 1 aromatic carbocycles. The number of hydrogen-bond donors (Lipinski definition) is 2. The van der Waals surface area contributed by atoms with E-state index in [2.05, 4.69) is 25.2 Å². The quantitative estimate of drug-likeness (QED) is 0.583. The Morgan fingerprint density at radius 2 is 1.97 bits per heavy atom. The summed E-state index contributed by atoms with van der Waals surface area (Å²) in [5.41, 5.74) is 3.41. The number of nitrogens with zero attached hydrogens (tertiary/aromatic N) is 4. The summed E-state index contributed by atoms with van der Waals surface area (Å²) in [5, 5.41) is 3.98. The van der Waals surface area contributed by atoms with Crippen LogP contribution in [0.25, 0.3) is 22.3 Å². The van der Waals surface area contributed by atoms with Gasteiger partial charge >= 0.3 is 0 Å². The van der Waals surface area contributed by atoms with Gasteiger partial charge in [-0.25, -0.2) is 9.97 Å². The third-order valence-electron chi connectivity index (χ3n) is 5.33. The third kappa shape index (κ3) is 4.60. The number of carbonyl (C=O) groups is 1. The van der Waals surface area contributed by atoms with E-state index in [1.807, 2.05) is 49.3 Å². The van der Waals surface area contributed by atoms with E-state index in [1.54, 1.807) is 6.33 Å². The summed E-state index contributed by atoms with van der Waals surface area (Å²) in [6, 6.07) is 9.67. The summed E-state index contributed by atoms with van der Waals surface area (Å²) in [4.78, 5) is 28.8. The lowest BCUT2D eigenvalue weighted by Crippen LogP contribution is -2.38. The monoisotopic (exact) mass is 408 g/mol. The highest BCUT2D eigenvalue weighted by atomic mass is 16.5. The number of H-pyrrole nitrogens is 1. The van der Waals surface area contributed by atoms with Crippen molar-refractivity contribution in [3.63, 3.8) is 0 Å². The zero-order chi connectivity index (χ0) is 20.9. The first-order valence-electron chi connectivity index (χ1n) is 10.3. The Morgan fingerprint density at radius 1 is 1.20 bits per heavy atom. The lowest BCUT2D eigenvalue weighted by molar-refractivity contribution is 0.0374. The molecule has 4 rings (SSSR count). The summed E-state index contributed by atoms with van der Waals surface area (Å²) in [6.45, 7) is 5.22. The molecular weight excluding hydrogens is 380 g/mol. The molecule has 2 N–H and O–H groups in total. The van der Waals surface area contributed by atoms with Crippen molar-refractivity contribution in [1.29, 1.82) is 0 Å². The Morgan fingerprint density at radius 3 is 2.70 bits per heavy atom. The molecule has 0 unspecified atom stereocenters. The third-order valence-corrected chi connectivity index (χ3v) is 5.33. The number of rotatable bonds is 7. The fourth-order valence-electron chi connectivity index (χ4n) is 3.67. The number of carbonyl (C=O) groups excluding carboxylic acids is 1. The van der Waals surface area contributed by atoms with E-state index in [0.717, 1.165) is 67.4 Å². The number of aromatic amines is 1. The molecule has 8 heteroatoms. The summed E-state index contributed by atoms with van der Waals surface area (Å²) in [5.74, 6) is 0.830. The Bertz CT molecular complexity index is 993. The van der Waals surface area contributed by atoms with Gasteiger partial charge in [-0.15, -0.1) is 0 Å². The molecule has 30 heavy (non-hydrogen) atoms. The Balaban J connectivity index is 1.36. The fourth-order valence-corrected chi connectivity index (χ4v) is 3.67. The van der Waals surface area contributed by atoms with Crippen molar-refractivity contribution < 1.29 is 9.53 Å². The van der Waals surface area contributed by atoms with Crippen LogP contribution >= 0.6 is 0 Å². The van der Waals surface area contributed by atoms with Crippen molar-refractivity contribution in [2.24, 2.45) is 0 Å². The van der Waals surface area contributed by atoms with Crippen molar-refractivity contribution in [1.82, 2.24) is 25.2 Å². The van der Waals surface area contributed by atoms with Crippen LogP contribution in [-0.4, -0.2) is 79.2 Å². The van der Waals surface area contributed by atoms with Crippen molar-refractivity contribution in [2.75, 3.05) is 58.4 Å². The minimum atomic E-state index is -0.0408. The molecule has 1 aliphatic rings. The van der Waals surface area contributed by atoms with Gasteiger partial charge in [-0.05, 0) is 36.7 Å². The summed E-state index contributed by atoms with van der Waals surface area (Å²) in [7, 11) is 3.92. The van der Waals surface area contributed by atoms with E-state index in [1.165, 1.54) is 0 Å². The molecule has 0 bridgehead atoms. The number of morpholine rings is 1. The second-order valence-electron chi connectivity index (χ2n) is 7.68. The van der Waals surface area contributed by atoms with E-state index < -0.39 is 0 Å². The van der Waals surface area contributed by atoms with Crippen LogP contribution in [0.2, 0.25) is 0 Å². The molecule has 1 aliphatic heterocycles. The molecule has 0 radical (unpaired) electrons. The van der Waals surface area contributed by atoms with Crippen LogP contribution in [0.3, 0.4) is 0 Å². The zero-order valence-electron chi connectivity index (χ0n) is 17.5. The van der Waals surface area contributed by atoms with Crippen LogP contribution in [0, 0.1) is 0 Å². The SMILES string of the molecule is CN(C)c1ncnc2[nH]c(-c3ccc(C(=O)NCCCN4CCOCC4)cc3)cc12. The van der Waals surface area contributed by atoms with Crippen molar-refractivity contribution in [3.05, 3.63) is 42.2 Å². The maximum absolute atomic E-state index is 12.4. The Hall–Kier alpha value is -2.97. The number of hydrogen-bond acceptors (Lipinski definition) is 6. The van der Waals surface area contributed by atoms with Gasteiger partial charge in [-0.3, -0.25) is 9.69 Å². The average molecular weight is 409 g/mol. The summed E-state index contributed by atoms with van der Waals surface area (Å²) < 4.78 is 5.35. The Labute approximate surface area is 176 Å². The topological polar surface area (TPSA) is 86.4 Å². The molecule has 1 saturated heterocycles. The molecule has 158 valence electrons. The van der Waals surface area contributed by atoms with Gasteiger partial charge in [0.1, 0.15) is 17.8 Å². The van der Waals surface area contributed by atoms with Gasteiger partial charge in [0, 0.05) is 45.0 Å². The van der Waals surface area contributed by atoms with E-state index >= 15 is 0 Å². The predicted molar refractivity (Wildman–Crippen MR) is 118 cm³/mol. The zero-order valence-corrected chi connectivity index (χ0v) is 17.5. The van der Waals surface area contributed by atoms with Gasteiger partial charge in [0.2, 0.25) is 0 Å². The van der Waals surface area contributed by atoms with E-state index in [9.17, 15) is 4.79 Å². The maximum Gasteiger partial charge on any atom is 0.251 e. The molecule has 1 amide bonds. The van der Waals surface area contributed by atoms with Crippen molar-refractivity contribution in [3.8, 4) is 11.3 Å². The molecule has 8 nitrogen and oxygen atoms in total. The highest BCUT2D eigenvalue weighted by Crippen LogP contribution is 2.27. The van der Waals surface area contributed by atoms with Crippen LogP contribution < -0.4 is 10.2 Å². The smallest absolute Gasteiger partial charge is 0.251 e. The van der Waals surface area contributed by atoms with Crippen molar-refractivity contribution in [2.45, 2.75) is 6.42 Å². The average Bonchev–Trinajstić information content (AvgIpc) is 3.21. The van der Waals surface area contributed by atoms with Gasteiger partial charge < -0.3 is 19.9 Å². The minimum absolute atomic E-state index is 0.0408. The molecule has 0 atom stereocenters. The Kier molecular flexibility index (Phi) is 6.25. The highest BCUT2D eigenvalue weighted by Gasteiger charge is 2.12. The summed E-state index contributed by atoms with van der Waals surface area (Å²) >= 11 is 0. The van der Waals surface area contributed by atoms with E-state index in [4.69, 9.17) is 4.74 Å². The first-order valence-corrected chi connectivity index (χ1v) is 10.3. The van der Waals surface area contributed by atoms with Crippen LogP contribution in [0.15, 0.2) is 36.7 Å². The number of anilines is 1. The second kappa shape index (κ2) is 9.23. The molecule has 0 spiro atoms. The van der Waals surface area contributed by atoms with Crippen LogP contribution in [0.1, 0.15) is 16.8 Å². The lowest BCUT2D eigenvalue weighted by Gasteiger charge is -2.26. The molecule has 0 aliphatic carbocycles. The van der Waals surface area contributed by atoms with Crippen LogP contribution in [0.5, 0.6) is 0 Å². The number of nitrogens with one attached hydrogen (secondary N) is 2. The molecule has 3 aromatic rings. The maximum atomic E-state index is 12.4. The lowest BCUT2D eigenvalue weighted by atomic mass is 10.1. The number of aromatic nitrogens is 3. The second-order valence-corrected chi connectivity index (χ2v) is 7.68. The van der Waals surface area contributed by atoms with Gasteiger partial charge in [0.15, 0.2) is 0 Å². The number of benzene rings is 1. The van der Waals surface area contributed by atoms with Gasteiger partial charge in [-0.1, -0.05) is 12.1 Å². The standard InChI is InChI=1S/C22H28N6O2/c1-27(2)21-18-14-19(26-20(18)24-15-25-21)16-4-6-17(7-5-16)22(29)23-8-3-9-28-10-12-30-13-11-28/h4-7,14-15H,3,8-13H2,1-2H3,(H,23,29)(H,24,25,26). The number of amides is 1. The highest BCUT2D eigenvalue weighted by molar-refractivity contribution is 5.95. The van der Waals surface area contributed by atoms with E-state index in [-0.39, 0.29) is 5.91 Å². The number of ether oxygens (including phenoxy) is 1. The molecule has 0 saturated carbocycles. The minimum Gasteiger partial charge on any atom is -0.379 e. The first-order chi connectivity index (χ1) is 14.6. The van der Waals surface area contributed by atoms with Crippen molar-refractivity contribution >= 4 is 22.8 Å². The summed E-state index contributed by atoms with van der Waals surface area (Å²) in [6.07, 6.45) is 2.50. The molecule has 3 heterocycles. The normalized spacial score (nSPS) is 14.7. The predicted octanol–water partition coefficient (Wildman–Crippen LogP) is 2.14. The molecular formula is C22H28N6O2. The first kappa shape index (κ1) is 20.3. The largest absolute Gasteiger partial charge is 0.379 e. The van der Waals surface area contributed by atoms with Gasteiger partial charge in [0.25, 0.3) is 5.91 Å².